The van der Waals surface area contributed by atoms with Gasteiger partial charge in [0.05, 0.1) is 18.2 Å². The fourth-order valence-electron chi connectivity index (χ4n) is 3.51. The first-order valence-electron chi connectivity index (χ1n) is 9.01. The molecule has 2 unspecified atom stereocenters. The molecule has 2 aromatic rings. The fraction of sp³-hybridized carbons (Fsp3) is 0.350. The predicted octanol–water partition coefficient (Wildman–Crippen LogP) is 4.32. The van der Waals surface area contributed by atoms with Gasteiger partial charge in [0, 0.05) is 6.04 Å². The number of alkyl halides is 6. The molecule has 4 nitrogen and oxygen atoms in total. The number of methoxy groups -OCH3 is 1. The van der Waals surface area contributed by atoms with Crippen LogP contribution in [0.2, 0.25) is 0 Å². The number of halogens is 6. The molecular weight excluding hydrogens is 448 g/mol. The molecule has 0 spiro atoms. The Balaban J connectivity index is 1.81. The quantitative estimate of drug-likeness (QED) is 0.529. The normalized spacial score (nSPS) is 17.3. The van der Waals surface area contributed by atoms with Crippen molar-refractivity contribution in [3.63, 3.8) is 0 Å². The molecule has 0 bridgehead atoms. The highest BCUT2D eigenvalue weighted by atomic mass is 32.2. The first kappa shape index (κ1) is 23.3. The summed E-state index contributed by atoms with van der Waals surface area (Å²) in [4.78, 5) is 11.7. The van der Waals surface area contributed by atoms with Crippen LogP contribution in [0.3, 0.4) is 0 Å². The summed E-state index contributed by atoms with van der Waals surface area (Å²) in [5.74, 6) is -0.895. The second kappa shape index (κ2) is 8.62. The molecule has 0 heterocycles. The van der Waals surface area contributed by atoms with Crippen molar-refractivity contribution in [2.45, 2.75) is 37.0 Å². The lowest BCUT2D eigenvalue weighted by atomic mass is 9.97. The van der Waals surface area contributed by atoms with Gasteiger partial charge in [0.1, 0.15) is 0 Å². The van der Waals surface area contributed by atoms with Crippen molar-refractivity contribution in [2.75, 3.05) is 7.11 Å². The van der Waals surface area contributed by atoms with Gasteiger partial charge in [-0.25, -0.2) is 13.7 Å². The van der Waals surface area contributed by atoms with Crippen molar-refractivity contribution in [3.05, 3.63) is 69.8 Å². The second-order valence-electron chi connectivity index (χ2n) is 7.13. The van der Waals surface area contributed by atoms with Crippen molar-refractivity contribution in [2.24, 2.45) is 0 Å². The highest BCUT2D eigenvalue weighted by Gasteiger charge is 2.39. The summed E-state index contributed by atoms with van der Waals surface area (Å²) < 4.78 is 94.9. The number of nitrogens with one attached hydrogen (secondary N) is 1. The Morgan fingerprint density at radius 2 is 1.71 bits per heavy atom. The Kier molecular flexibility index (Phi) is 6.47. The van der Waals surface area contributed by atoms with Crippen LogP contribution in [0, 0.1) is 0 Å². The van der Waals surface area contributed by atoms with E-state index < -0.39 is 40.2 Å². The van der Waals surface area contributed by atoms with Gasteiger partial charge in [0.15, 0.2) is 11.0 Å². The number of hydrogen-bond donors (Lipinski definition) is 1. The van der Waals surface area contributed by atoms with Gasteiger partial charge in [-0.05, 0) is 59.7 Å². The molecule has 0 fully saturated rings. The van der Waals surface area contributed by atoms with Crippen molar-refractivity contribution in [1.82, 2.24) is 4.72 Å². The van der Waals surface area contributed by atoms with Crippen LogP contribution in [0.5, 0.6) is 0 Å². The minimum Gasteiger partial charge on any atom is -0.465 e. The smallest absolute Gasteiger partial charge is 0.465 e. The van der Waals surface area contributed by atoms with Crippen LogP contribution in [0.4, 0.5) is 26.3 Å². The zero-order chi connectivity index (χ0) is 23.0. The predicted molar refractivity (Wildman–Crippen MR) is 101 cm³/mol. The molecule has 0 saturated carbocycles. The minimum atomic E-state index is -4.86. The van der Waals surface area contributed by atoms with Crippen LogP contribution in [0.25, 0.3) is 0 Å². The van der Waals surface area contributed by atoms with Crippen LogP contribution >= 0.6 is 0 Å². The van der Waals surface area contributed by atoms with E-state index in [2.05, 4.69) is 9.46 Å². The maximum absolute atomic E-state index is 13.2. The van der Waals surface area contributed by atoms with Crippen LogP contribution < -0.4 is 4.72 Å². The number of ether oxygens (including phenoxy) is 1. The highest BCUT2D eigenvalue weighted by Crippen LogP contribution is 2.32. The lowest BCUT2D eigenvalue weighted by molar-refractivity contribution is -0.137. The Labute approximate surface area is 176 Å². The first-order valence-corrected chi connectivity index (χ1v) is 10.2. The molecule has 1 N–H and O–H groups in total. The molecule has 3 rings (SSSR count). The van der Waals surface area contributed by atoms with E-state index in [-0.39, 0.29) is 30.4 Å². The van der Waals surface area contributed by atoms with Crippen molar-refractivity contribution in [3.8, 4) is 0 Å². The number of fused-ring (bicyclic) bond motifs is 1. The molecule has 0 aromatic heterocycles. The Morgan fingerprint density at radius 3 is 2.32 bits per heavy atom. The third kappa shape index (κ3) is 5.65. The van der Waals surface area contributed by atoms with E-state index in [1.807, 2.05) is 0 Å². The molecular formula is C20H17F6NO3S. The molecule has 0 aliphatic heterocycles. The number of hydrogen-bond acceptors (Lipinski definition) is 3. The number of carbonyl (C=O) groups is 1. The summed E-state index contributed by atoms with van der Waals surface area (Å²) in [5, 5.41) is 0. The minimum absolute atomic E-state index is 0.0772. The number of rotatable bonds is 5. The van der Waals surface area contributed by atoms with E-state index in [9.17, 15) is 35.3 Å². The van der Waals surface area contributed by atoms with E-state index in [1.165, 1.54) is 6.07 Å². The van der Waals surface area contributed by atoms with E-state index in [1.54, 1.807) is 18.2 Å². The van der Waals surface area contributed by atoms with Crippen LogP contribution in [0.1, 0.15) is 38.2 Å². The van der Waals surface area contributed by atoms with Crippen molar-refractivity contribution < 1.29 is 40.1 Å². The molecule has 0 saturated heterocycles. The molecule has 0 amide bonds. The van der Waals surface area contributed by atoms with Gasteiger partial charge in [0.2, 0.25) is 0 Å². The summed E-state index contributed by atoms with van der Waals surface area (Å²) in [7, 11) is -2.10. The summed E-state index contributed by atoms with van der Waals surface area (Å²) >= 11 is 0. The third-order valence-electron chi connectivity index (χ3n) is 4.84. The first-order chi connectivity index (χ1) is 14.4. The van der Waals surface area contributed by atoms with Gasteiger partial charge in [0.25, 0.3) is 0 Å². The summed E-state index contributed by atoms with van der Waals surface area (Å²) in [6.45, 7) is 0. The Morgan fingerprint density at radius 1 is 1.03 bits per heavy atom. The standard InChI is InChI=1S/C20H17F6NO3S/c1-30-18(28)15-6-12(7-16(8-15)19(21,22)23)4-11-2-3-13-9-17(10-14(13)5-11)27-31(29)20(24,25)26/h2-3,5-8,17,27H,4,9-10H2,1H3. The monoisotopic (exact) mass is 465 g/mol. The van der Waals surface area contributed by atoms with E-state index in [0.717, 1.165) is 30.4 Å². The van der Waals surface area contributed by atoms with Gasteiger partial charge in [-0.1, -0.05) is 18.2 Å². The Hall–Kier alpha value is -2.40. The highest BCUT2D eigenvalue weighted by molar-refractivity contribution is 7.83. The zero-order valence-corrected chi connectivity index (χ0v) is 16.9. The summed E-state index contributed by atoms with van der Waals surface area (Å²) in [6, 6.07) is 7.37. The average Bonchev–Trinajstić information content (AvgIpc) is 3.07. The molecule has 1 aliphatic carbocycles. The number of esters is 1. The van der Waals surface area contributed by atoms with Gasteiger partial charge in [-0.2, -0.15) is 26.3 Å². The maximum atomic E-state index is 13.2. The summed E-state index contributed by atoms with van der Waals surface area (Å²) in [6.07, 6.45) is -4.11. The number of benzene rings is 2. The number of carbonyl (C=O) groups excluding carboxylic acids is 1. The van der Waals surface area contributed by atoms with Crippen LogP contribution in [-0.4, -0.2) is 28.8 Å². The molecule has 31 heavy (non-hydrogen) atoms. The van der Waals surface area contributed by atoms with E-state index >= 15 is 0 Å². The van der Waals surface area contributed by atoms with E-state index in [4.69, 9.17) is 0 Å². The van der Waals surface area contributed by atoms with Gasteiger partial charge in [-0.3, -0.25) is 0 Å². The zero-order valence-electron chi connectivity index (χ0n) is 16.1. The lowest BCUT2D eigenvalue weighted by Crippen LogP contribution is -2.38. The molecule has 168 valence electrons. The van der Waals surface area contributed by atoms with Crippen LogP contribution in [-0.2, 0) is 41.2 Å². The largest absolute Gasteiger partial charge is 0.485 e. The topological polar surface area (TPSA) is 55.4 Å². The molecule has 11 heteroatoms. The molecule has 0 radical (unpaired) electrons. The summed E-state index contributed by atoms with van der Waals surface area (Å²) in [5.41, 5.74) is -3.69. The molecule has 2 atom stereocenters. The Bertz CT molecular complexity index is 1020. The fourth-order valence-corrected chi connectivity index (χ4v) is 4.12. The third-order valence-corrected chi connectivity index (χ3v) is 5.80. The maximum Gasteiger partial charge on any atom is 0.485 e. The lowest BCUT2D eigenvalue weighted by Gasteiger charge is -2.12. The van der Waals surface area contributed by atoms with E-state index in [0.29, 0.717) is 5.56 Å². The van der Waals surface area contributed by atoms with Gasteiger partial charge < -0.3 is 4.74 Å². The second-order valence-corrected chi connectivity index (χ2v) is 8.36. The van der Waals surface area contributed by atoms with Crippen molar-refractivity contribution in [1.29, 1.82) is 0 Å². The SMILES string of the molecule is COC(=O)c1cc(Cc2ccc3c(c2)CC(NS(=O)C(F)(F)F)C3)cc(C(F)(F)F)c1. The van der Waals surface area contributed by atoms with Crippen LogP contribution in [0.15, 0.2) is 36.4 Å². The average molecular weight is 465 g/mol. The van der Waals surface area contributed by atoms with Gasteiger partial charge >= 0.3 is 17.7 Å². The van der Waals surface area contributed by atoms with Gasteiger partial charge in [-0.15, -0.1) is 0 Å². The van der Waals surface area contributed by atoms with Crippen molar-refractivity contribution >= 4 is 17.0 Å². The molecule has 2 aromatic carbocycles. The molecule has 1 aliphatic rings.